The van der Waals surface area contributed by atoms with Gasteiger partial charge in [-0.05, 0) is 72.4 Å². The van der Waals surface area contributed by atoms with Crippen LogP contribution in [0.1, 0.15) is 34.3 Å². The van der Waals surface area contributed by atoms with E-state index >= 15 is 0 Å². The number of amides is 1. The number of anilines is 2. The number of carbonyl (C=O) groups excluding carboxylic acids is 1. The first-order valence-electron chi connectivity index (χ1n) is 12.2. The number of fused-ring (bicyclic) bond motifs is 1. The van der Waals surface area contributed by atoms with Gasteiger partial charge < -0.3 is 14.7 Å². The molecule has 2 N–H and O–H groups in total. The molecule has 2 aliphatic heterocycles. The topological polar surface area (TPSA) is 95.9 Å². The summed E-state index contributed by atoms with van der Waals surface area (Å²) in [4.78, 5) is 14.9. The van der Waals surface area contributed by atoms with E-state index in [2.05, 4.69) is 20.7 Å². The van der Waals surface area contributed by atoms with Crippen LogP contribution in [0.3, 0.4) is 0 Å². The van der Waals surface area contributed by atoms with Gasteiger partial charge in [0.05, 0.1) is 16.5 Å². The lowest BCUT2D eigenvalue weighted by atomic mass is 9.93. The molecule has 7 nitrogen and oxygen atoms in total. The highest BCUT2D eigenvalue weighted by molar-refractivity contribution is 9.10. The molecule has 1 fully saturated rings. The van der Waals surface area contributed by atoms with E-state index in [-0.39, 0.29) is 17.3 Å². The van der Waals surface area contributed by atoms with Crippen molar-refractivity contribution in [2.24, 2.45) is 0 Å². The van der Waals surface area contributed by atoms with E-state index in [0.29, 0.717) is 65.9 Å². The molecule has 0 saturated carbocycles. The van der Waals surface area contributed by atoms with Crippen LogP contribution >= 0.6 is 15.9 Å². The molecule has 0 aliphatic carbocycles. The van der Waals surface area contributed by atoms with Crippen molar-refractivity contribution < 1.29 is 36.2 Å². The van der Waals surface area contributed by atoms with Gasteiger partial charge in [-0.15, -0.1) is 0 Å². The van der Waals surface area contributed by atoms with Gasteiger partial charge >= 0.3 is 6.18 Å². The maximum Gasteiger partial charge on any atom is 0.416 e. The van der Waals surface area contributed by atoms with Gasteiger partial charge in [-0.25, -0.2) is 8.42 Å². The van der Waals surface area contributed by atoms with Crippen LogP contribution in [0.25, 0.3) is 11.1 Å². The highest BCUT2D eigenvalue weighted by Gasteiger charge is 2.32. The zero-order valence-electron chi connectivity index (χ0n) is 20.5. The summed E-state index contributed by atoms with van der Waals surface area (Å²) in [6.07, 6.45) is -3.28. The number of nitrogens with zero attached hydrogens (tertiary/aromatic N) is 1. The first-order valence-corrected chi connectivity index (χ1v) is 14.5. The number of halogens is 4. The molecule has 39 heavy (non-hydrogen) atoms. The minimum atomic E-state index is -4.45. The van der Waals surface area contributed by atoms with Crippen molar-refractivity contribution in [1.29, 1.82) is 0 Å². The molecule has 0 unspecified atom stereocenters. The van der Waals surface area contributed by atoms with Crippen molar-refractivity contribution in [3.05, 3.63) is 75.8 Å². The Kier molecular flexibility index (Phi) is 7.38. The van der Waals surface area contributed by atoms with E-state index < -0.39 is 27.0 Å². The summed E-state index contributed by atoms with van der Waals surface area (Å²) in [6.45, 7) is 0.980. The Bertz CT molecular complexity index is 1540. The van der Waals surface area contributed by atoms with E-state index in [4.69, 9.17) is 4.74 Å². The second kappa shape index (κ2) is 10.5. The molecule has 12 heteroatoms. The van der Waals surface area contributed by atoms with Crippen LogP contribution in [0.5, 0.6) is 5.75 Å². The normalized spacial score (nSPS) is 16.7. The number of aromatic hydroxyl groups is 1. The SMILES string of the molecule is O=C1c2ccc(-c3ccc(C(F)(F)F)cc3Br)cc2CCN1c1ccc(O)c(NS(=O)(=O)C2CCOCC2)c1. The molecule has 0 aromatic heterocycles. The minimum absolute atomic E-state index is 0.0138. The highest BCUT2D eigenvalue weighted by atomic mass is 79.9. The van der Waals surface area contributed by atoms with Gasteiger partial charge in [0.25, 0.3) is 5.91 Å². The third-order valence-corrected chi connectivity index (χ3v) is 9.45. The molecular formula is C27H24BrF3N2O5S. The number of phenolic OH excluding ortho intramolecular Hbond substituents is 1. The van der Waals surface area contributed by atoms with Crippen molar-refractivity contribution >= 4 is 43.2 Å². The summed E-state index contributed by atoms with van der Waals surface area (Å²) in [5, 5.41) is 9.68. The number of carbonyl (C=O) groups is 1. The average molecular weight is 625 g/mol. The Balaban J connectivity index is 1.39. The Labute approximate surface area is 231 Å². The van der Waals surface area contributed by atoms with Crippen LogP contribution in [0.4, 0.5) is 24.5 Å². The summed E-state index contributed by atoms with van der Waals surface area (Å²) in [5.41, 5.74) is 2.07. The fourth-order valence-corrected chi connectivity index (χ4v) is 6.88. The standard InChI is InChI=1S/C27H24BrF3N2O5S/c28-23-14-18(27(29,30)31)2-5-21(23)16-1-4-22-17(13-16)7-10-33(26(22)35)19-3-6-25(34)24(15-19)32-39(36,37)20-8-11-38-12-9-20/h1-6,13-15,20,32,34H,7-12H2. The van der Waals surface area contributed by atoms with E-state index in [1.54, 1.807) is 18.2 Å². The molecule has 1 saturated heterocycles. The Hall–Kier alpha value is -3.09. The molecule has 206 valence electrons. The number of benzene rings is 3. The average Bonchev–Trinajstić information content (AvgIpc) is 2.90. The Morgan fingerprint density at radius 3 is 2.41 bits per heavy atom. The zero-order valence-corrected chi connectivity index (χ0v) is 22.9. The molecule has 2 heterocycles. The van der Waals surface area contributed by atoms with Crippen molar-refractivity contribution in [3.63, 3.8) is 0 Å². The summed E-state index contributed by atoms with van der Waals surface area (Å²) in [5.74, 6) is -0.566. The summed E-state index contributed by atoms with van der Waals surface area (Å²) in [6, 6.07) is 12.9. The molecule has 3 aromatic carbocycles. The molecule has 0 radical (unpaired) electrons. The first-order chi connectivity index (χ1) is 18.4. The van der Waals surface area contributed by atoms with Crippen LogP contribution in [0, 0.1) is 0 Å². The number of rotatable bonds is 5. The molecule has 0 bridgehead atoms. The molecular weight excluding hydrogens is 601 g/mol. The van der Waals surface area contributed by atoms with E-state index in [1.807, 2.05) is 0 Å². The van der Waals surface area contributed by atoms with Crippen molar-refractivity contribution in [2.45, 2.75) is 30.7 Å². The monoisotopic (exact) mass is 624 g/mol. The largest absolute Gasteiger partial charge is 0.506 e. The van der Waals surface area contributed by atoms with Gasteiger partial charge in [-0.1, -0.05) is 34.1 Å². The zero-order chi connectivity index (χ0) is 27.9. The number of ether oxygens (including phenoxy) is 1. The third-order valence-electron chi connectivity index (χ3n) is 6.94. The van der Waals surface area contributed by atoms with Gasteiger partial charge in [0.1, 0.15) is 5.75 Å². The van der Waals surface area contributed by atoms with Gasteiger partial charge in [-0.2, -0.15) is 13.2 Å². The number of nitrogens with one attached hydrogen (secondary N) is 1. The van der Waals surface area contributed by atoms with E-state index in [9.17, 15) is 31.5 Å². The van der Waals surface area contributed by atoms with Gasteiger partial charge in [0.15, 0.2) is 0 Å². The number of hydrogen-bond acceptors (Lipinski definition) is 5. The predicted molar refractivity (Wildman–Crippen MR) is 144 cm³/mol. The van der Waals surface area contributed by atoms with Crippen LogP contribution in [-0.2, 0) is 27.4 Å². The number of sulfonamides is 1. The van der Waals surface area contributed by atoms with Gasteiger partial charge in [0, 0.05) is 35.5 Å². The predicted octanol–water partition coefficient (Wildman–Crippen LogP) is 5.96. The number of phenols is 1. The third kappa shape index (κ3) is 5.64. The van der Waals surface area contributed by atoms with E-state index in [0.717, 1.165) is 17.7 Å². The Morgan fingerprint density at radius 2 is 1.72 bits per heavy atom. The second-order valence-corrected chi connectivity index (χ2v) is 12.2. The van der Waals surface area contributed by atoms with Gasteiger partial charge in [-0.3, -0.25) is 9.52 Å². The molecule has 0 atom stereocenters. The lowest BCUT2D eigenvalue weighted by molar-refractivity contribution is -0.137. The fourth-order valence-electron chi connectivity index (χ4n) is 4.82. The lowest BCUT2D eigenvalue weighted by Gasteiger charge is -2.30. The summed E-state index contributed by atoms with van der Waals surface area (Å²) < 4.78 is 72.8. The van der Waals surface area contributed by atoms with E-state index in [1.165, 1.54) is 29.2 Å². The van der Waals surface area contributed by atoms with Crippen LogP contribution < -0.4 is 9.62 Å². The van der Waals surface area contributed by atoms with Gasteiger partial charge in [0.2, 0.25) is 10.0 Å². The minimum Gasteiger partial charge on any atom is -0.506 e. The first kappa shape index (κ1) is 27.5. The summed E-state index contributed by atoms with van der Waals surface area (Å²) in [7, 11) is -3.77. The van der Waals surface area contributed by atoms with Crippen molar-refractivity contribution in [1.82, 2.24) is 0 Å². The molecule has 3 aromatic rings. The molecule has 2 aliphatic rings. The summed E-state index contributed by atoms with van der Waals surface area (Å²) >= 11 is 3.23. The maximum absolute atomic E-state index is 13.4. The van der Waals surface area contributed by atoms with Crippen LogP contribution in [0.15, 0.2) is 59.1 Å². The van der Waals surface area contributed by atoms with Crippen molar-refractivity contribution in [2.75, 3.05) is 29.4 Å². The van der Waals surface area contributed by atoms with Crippen molar-refractivity contribution in [3.8, 4) is 16.9 Å². The number of hydrogen-bond donors (Lipinski definition) is 2. The molecule has 0 spiro atoms. The van der Waals surface area contributed by atoms with Crippen LogP contribution in [-0.4, -0.2) is 44.4 Å². The number of alkyl halides is 3. The smallest absolute Gasteiger partial charge is 0.416 e. The fraction of sp³-hybridized carbons (Fsp3) is 0.296. The molecule has 1 amide bonds. The molecule has 5 rings (SSSR count). The Morgan fingerprint density at radius 1 is 1.00 bits per heavy atom. The second-order valence-electron chi connectivity index (χ2n) is 9.43. The highest BCUT2D eigenvalue weighted by Crippen LogP contribution is 2.38. The van der Waals surface area contributed by atoms with Crippen LogP contribution in [0.2, 0.25) is 0 Å². The lowest BCUT2D eigenvalue weighted by Crippen LogP contribution is -2.37. The quantitative estimate of drug-likeness (QED) is 0.341. The maximum atomic E-state index is 13.4.